The smallest absolute Gasteiger partial charge is 0.261 e. The highest BCUT2D eigenvalue weighted by Gasteiger charge is 2.34. The van der Waals surface area contributed by atoms with E-state index in [0.717, 1.165) is 10.4 Å². The zero-order chi connectivity index (χ0) is 19.5. The highest BCUT2D eigenvalue weighted by molar-refractivity contribution is 7.19. The number of fused-ring (bicyclic) bond motifs is 1. The number of amides is 3. The van der Waals surface area contributed by atoms with Crippen molar-refractivity contribution in [2.75, 3.05) is 11.9 Å². The number of carbonyl (C=O) groups excluding carboxylic acids is 3. The number of hydrogen-bond donors (Lipinski definition) is 1. The molecule has 3 amide bonds. The molecule has 1 aliphatic rings. The van der Waals surface area contributed by atoms with Gasteiger partial charge in [0.05, 0.1) is 16.0 Å². The van der Waals surface area contributed by atoms with Crippen molar-refractivity contribution >= 4 is 34.2 Å². The average molecular weight is 391 g/mol. The summed E-state index contributed by atoms with van der Waals surface area (Å²) in [5, 5.41) is 3.31. The third kappa shape index (κ3) is 3.57. The van der Waals surface area contributed by atoms with E-state index in [2.05, 4.69) is 10.3 Å². The molecule has 7 heteroatoms. The number of thiazole rings is 1. The Morgan fingerprint density at radius 2 is 1.61 bits per heavy atom. The predicted octanol–water partition coefficient (Wildman–Crippen LogP) is 3.83. The van der Waals surface area contributed by atoms with Gasteiger partial charge in [-0.05, 0) is 24.1 Å². The molecule has 3 aromatic rings. The second-order valence-electron chi connectivity index (χ2n) is 6.35. The number of benzene rings is 2. The summed E-state index contributed by atoms with van der Waals surface area (Å²) in [6.45, 7) is 0.215. The third-order valence-electron chi connectivity index (χ3n) is 4.47. The van der Waals surface area contributed by atoms with Crippen LogP contribution in [0.25, 0.3) is 10.4 Å². The summed E-state index contributed by atoms with van der Waals surface area (Å²) >= 11 is 1.40. The van der Waals surface area contributed by atoms with Gasteiger partial charge in [0, 0.05) is 19.2 Å². The van der Waals surface area contributed by atoms with Crippen LogP contribution in [0.2, 0.25) is 0 Å². The summed E-state index contributed by atoms with van der Waals surface area (Å²) in [7, 11) is 0. The number of imide groups is 1. The van der Waals surface area contributed by atoms with Crippen LogP contribution in [0, 0.1) is 0 Å². The maximum absolute atomic E-state index is 12.3. The van der Waals surface area contributed by atoms with Gasteiger partial charge >= 0.3 is 0 Å². The molecule has 1 aromatic heterocycles. The van der Waals surface area contributed by atoms with Gasteiger partial charge in [0.1, 0.15) is 0 Å². The van der Waals surface area contributed by atoms with E-state index in [-0.39, 0.29) is 30.7 Å². The molecule has 2 heterocycles. The van der Waals surface area contributed by atoms with Crippen LogP contribution < -0.4 is 5.32 Å². The fraction of sp³-hybridized carbons (Fsp3) is 0.143. The highest BCUT2D eigenvalue weighted by Crippen LogP contribution is 2.28. The van der Waals surface area contributed by atoms with Crippen molar-refractivity contribution in [3.63, 3.8) is 0 Å². The second-order valence-corrected chi connectivity index (χ2v) is 7.39. The first-order valence-electron chi connectivity index (χ1n) is 8.90. The molecule has 0 radical (unpaired) electrons. The van der Waals surface area contributed by atoms with Crippen molar-refractivity contribution in [3.05, 3.63) is 71.9 Å². The van der Waals surface area contributed by atoms with Crippen LogP contribution in [-0.4, -0.2) is 34.2 Å². The molecule has 1 aliphatic heterocycles. The lowest BCUT2D eigenvalue weighted by atomic mass is 10.1. The number of aromatic nitrogens is 1. The minimum atomic E-state index is -0.298. The normalized spacial score (nSPS) is 12.9. The number of nitrogens with zero attached hydrogens (tertiary/aromatic N) is 2. The van der Waals surface area contributed by atoms with Crippen molar-refractivity contribution in [1.82, 2.24) is 9.88 Å². The first-order chi connectivity index (χ1) is 13.6. The standard InChI is InChI=1S/C21H17N3O3S/c25-18(23-21-22-13-17(28-21)14-7-2-1-3-8-14)11-6-12-24-19(26)15-9-4-5-10-16(15)20(24)27/h1-5,7-10,13H,6,11-12H2,(H,22,23,25). The van der Waals surface area contributed by atoms with Crippen LogP contribution in [-0.2, 0) is 4.79 Å². The van der Waals surface area contributed by atoms with Gasteiger partial charge in [0.2, 0.25) is 5.91 Å². The molecule has 140 valence electrons. The van der Waals surface area contributed by atoms with Gasteiger partial charge in [0.25, 0.3) is 11.8 Å². The van der Waals surface area contributed by atoms with Crippen molar-refractivity contribution < 1.29 is 14.4 Å². The van der Waals surface area contributed by atoms with E-state index < -0.39 is 0 Å². The van der Waals surface area contributed by atoms with Crippen molar-refractivity contribution in [3.8, 4) is 10.4 Å². The SMILES string of the molecule is O=C(CCCN1C(=O)c2ccccc2C1=O)Nc1ncc(-c2ccccc2)s1. The Kier molecular flexibility index (Phi) is 4.99. The first-order valence-corrected chi connectivity index (χ1v) is 9.71. The molecule has 6 nitrogen and oxygen atoms in total. The van der Waals surface area contributed by atoms with Gasteiger partial charge in [-0.15, -0.1) is 0 Å². The largest absolute Gasteiger partial charge is 0.302 e. The van der Waals surface area contributed by atoms with Crippen LogP contribution in [0.1, 0.15) is 33.6 Å². The van der Waals surface area contributed by atoms with Crippen LogP contribution >= 0.6 is 11.3 Å². The van der Waals surface area contributed by atoms with Gasteiger partial charge in [-0.2, -0.15) is 0 Å². The monoisotopic (exact) mass is 391 g/mol. The predicted molar refractivity (Wildman–Crippen MR) is 107 cm³/mol. The van der Waals surface area contributed by atoms with E-state index in [1.165, 1.54) is 16.2 Å². The Bertz CT molecular complexity index is 1010. The lowest BCUT2D eigenvalue weighted by Crippen LogP contribution is -2.31. The van der Waals surface area contributed by atoms with Gasteiger partial charge in [-0.1, -0.05) is 53.8 Å². The van der Waals surface area contributed by atoms with E-state index in [1.807, 2.05) is 30.3 Å². The molecule has 0 aliphatic carbocycles. The van der Waals surface area contributed by atoms with E-state index in [4.69, 9.17) is 0 Å². The highest BCUT2D eigenvalue weighted by atomic mass is 32.1. The lowest BCUT2D eigenvalue weighted by molar-refractivity contribution is -0.116. The maximum atomic E-state index is 12.3. The Labute approximate surface area is 165 Å². The minimum absolute atomic E-state index is 0.189. The van der Waals surface area contributed by atoms with E-state index in [0.29, 0.717) is 22.7 Å². The number of anilines is 1. The fourth-order valence-corrected chi connectivity index (χ4v) is 3.93. The molecular weight excluding hydrogens is 374 g/mol. The van der Waals surface area contributed by atoms with Crippen LogP contribution in [0.15, 0.2) is 60.8 Å². The molecule has 0 spiro atoms. The summed E-state index contributed by atoms with van der Waals surface area (Å²) in [5.41, 5.74) is 1.90. The summed E-state index contributed by atoms with van der Waals surface area (Å²) in [6, 6.07) is 16.6. The van der Waals surface area contributed by atoms with Crippen molar-refractivity contribution in [1.29, 1.82) is 0 Å². The van der Waals surface area contributed by atoms with E-state index in [9.17, 15) is 14.4 Å². The topological polar surface area (TPSA) is 79.4 Å². The molecule has 0 fully saturated rings. The summed E-state index contributed by atoms with van der Waals surface area (Å²) in [4.78, 5) is 43.2. The lowest BCUT2D eigenvalue weighted by Gasteiger charge is -2.13. The quantitative estimate of drug-likeness (QED) is 0.648. The molecule has 4 rings (SSSR count). The molecule has 1 N–H and O–H groups in total. The third-order valence-corrected chi connectivity index (χ3v) is 5.44. The second kappa shape index (κ2) is 7.74. The Morgan fingerprint density at radius 1 is 0.964 bits per heavy atom. The van der Waals surface area contributed by atoms with Crippen LogP contribution in [0.5, 0.6) is 0 Å². The number of carbonyl (C=O) groups is 3. The molecular formula is C21H17N3O3S. The molecule has 0 saturated heterocycles. The van der Waals surface area contributed by atoms with Gasteiger partial charge in [-0.25, -0.2) is 4.98 Å². The summed E-state index contributed by atoms with van der Waals surface area (Å²) in [5.74, 6) is -0.785. The number of hydrogen-bond acceptors (Lipinski definition) is 5. The molecule has 0 saturated carbocycles. The summed E-state index contributed by atoms with van der Waals surface area (Å²) < 4.78 is 0. The average Bonchev–Trinajstić information content (AvgIpc) is 3.28. The molecule has 0 unspecified atom stereocenters. The molecule has 0 bridgehead atoms. The number of nitrogens with one attached hydrogen (secondary N) is 1. The van der Waals surface area contributed by atoms with Crippen LogP contribution in [0.3, 0.4) is 0 Å². The van der Waals surface area contributed by atoms with Crippen LogP contribution in [0.4, 0.5) is 5.13 Å². The zero-order valence-corrected chi connectivity index (χ0v) is 15.7. The summed E-state index contributed by atoms with van der Waals surface area (Å²) in [6.07, 6.45) is 2.33. The zero-order valence-electron chi connectivity index (χ0n) is 14.9. The van der Waals surface area contributed by atoms with E-state index >= 15 is 0 Å². The first kappa shape index (κ1) is 18.1. The van der Waals surface area contributed by atoms with Gasteiger partial charge in [0.15, 0.2) is 5.13 Å². The molecule has 0 atom stereocenters. The minimum Gasteiger partial charge on any atom is -0.302 e. The Hall–Kier alpha value is -3.32. The fourth-order valence-electron chi connectivity index (χ4n) is 3.09. The Morgan fingerprint density at radius 3 is 2.29 bits per heavy atom. The van der Waals surface area contributed by atoms with Crippen molar-refractivity contribution in [2.45, 2.75) is 12.8 Å². The molecule has 28 heavy (non-hydrogen) atoms. The number of rotatable bonds is 6. The van der Waals surface area contributed by atoms with Gasteiger partial charge < -0.3 is 5.32 Å². The Balaban J connectivity index is 1.30. The maximum Gasteiger partial charge on any atom is 0.261 e. The van der Waals surface area contributed by atoms with Gasteiger partial charge in [-0.3, -0.25) is 19.3 Å². The van der Waals surface area contributed by atoms with Crippen molar-refractivity contribution in [2.24, 2.45) is 0 Å². The molecule has 2 aromatic carbocycles. The van der Waals surface area contributed by atoms with E-state index in [1.54, 1.807) is 30.5 Å².